The summed E-state index contributed by atoms with van der Waals surface area (Å²) in [4.78, 5) is 19.1. The van der Waals surface area contributed by atoms with Gasteiger partial charge in [-0.1, -0.05) is 0 Å². The number of phenols is 1. The van der Waals surface area contributed by atoms with Gasteiger partial charge in [-0.25, -0.2) is 4.98 Å². The average Bonchev–Trinajstić information content (AvgIpc) is 2.31. The molecule has 3 N–H and O–H groups in total. The molecule has 0 spiro atoms. The van der Waals surface area contributed by atoms with Gasteiger partial charge in [-0.05, 0) is 51.5 Å². The molecule has 0 saturated carbocycles. The lowest BCUT2D eigenvalue weighted by Crippen LogP contribution is -2.23. The van der Waals surface area contributed by atoms with Gasteiger partial charge in [-0.2, -0.15) is 0 Å². The molecule has 1 unspecified atom stereocenters. The maximum atomic E-state index is 12.1. The molecule has 0 saturated heterocycles. The van der Waals surface area contributed by atoms with Gasteiger partial charge >= 0.3 is 0 Å². The Labute approximate surface area is 117 Å². The number of H-pyrrole nitrogens is 1. The highest BCUT2D eigenvalue weighted by atomic mass is 16.3. The summed E-state index contributed by atoms with van der Waals surface area (Å²) in [6, 6.07) is 4.92. The number of aromatic nitrogens is 2. The van der Waals surface area contributed by atoms with Crippen LogP contribution in [-0.4, -0.2) is 15.1 Å². The van der Waals surface area contributed by atoms with Crippen LogP contribution in [0.25, 0.3) is 0 Å². The summed E-state index contributed by atoms with van der Waals surface area (Å²) in [5, 5.41) is 12.7. The highest BCUT2D eigenvalue weighted by Gasteiger charge is 2.15. The fourth-order valence-corrected chi connectivity index (χ4v) is 2.36. The van der Waals surface area contributed by atoms with E-state index in [4.69, 9.17) is 0 Å². The molecule has 20 heavy (non-hydrogen) atoms. The van der Waals surface area contributed by atoms with Crippen LogP contribution < -0.4 is 10.9 Å². The van der Waals surface area contributed by atoms with E-state index in [1.54, 1.807) is 25.1 Å². The normalized spacial score (nSPS) is 12.2. The van der Waals surface area contributed by atoms with Crippen LogP contribution in [0.4, 0.5) is 5.69 Å². The zero-order valence-corrected chi connectivity index (χ0v) is 12.1. The monoisotopic (exact) mass is 273 g/mol. The standard InChI is InChI=1S/C15H19N3O2/c1-8-7-12(19)5-6-13(8)17-10(3)14-9(2)16-11(4)18-15(14)20/h5-7,10,17,19H,1-4H3,(H,16,18,20). The first-order valence-electron chi connectivity index (χ1n) is 6.52. The number of hydrogen-bond acceptors (Lipinski definition) is 4. The van der Waals surface area contributed by atoms with Crippen molar-refractivity contribution in [3.63, 3.8) is 0 Å². The van der Waals surface area contributed by atoms with Gasteiger partial charge in [0.25, 0.3) is 5.56 Å². The maximum Gasteiger partial charge on any atom is 0.256 e. The molecule has 1 aromatic carbocycles. The van der Waals surface area contributed by atoms with E-state index in [0.29, 0.717) is 11.4 Å². The molecule has 0 fully saturated rings. The van der Waals surface area contributed by atoms with Crippen LogP contribution in [0.1, 0.15) is 35.6 Å². The summed E-state index contributed by atoms with van der Waals surface area (Å²) in [5.74, 6) is 0.844. The number of anilines is 1. The van der Waals surface area contributed by atoms with E-state index in [-0.39, 0.29) is 17.4 Å². The van der Waals surface area contributed by atoms with Gasteiger partial charge in [0, 0.05) is 5.69 Å². The van der Waals surface area contributed by atoms with Gasteiger partial charge < -0.3 is 15.4 Å². The number of nitrogens with one attached hydrogen (secondary N) is 2. The summed E-state index contributed by atoms with van der Waals surface area (Å²) in [5.41, 5.74) is 3.04. The fraction of sp³-hybridized carbons (Fsp3) is 0.333. The minimum absolute atomic E-state index is 0.119. The van der Waals surface area contributed by atoms with Gasteiger partial charge in [0.05, 0.1) is 17.3 Å². The lowest BCUT2D eigenvalue weighted by Gasteiger charge is -2.18. The zero-order chi connectivity index (χ0) is 14.9. The molecule has 1 heterocycles. The quantitative estimate of drug-likeness (QED) is 0.751. The summed E-state index contributed by atoms with van der Waals surface area (Å²) in [6.07, 6.45) is 0. The van der Waals surface area contributed by atoms with E-state index in [1.165, 1.54) is 0 Å². The van der Waals surface area contributed by atoms with Gasteiger partial charge in [0.15, 0.2) is 0 Å². The molecule has 0 aliphatic rings. The van der Waals surface area contributed by atoms with Gasteiger partial charge in [0.2, 0.25) is 0 Å². The SMILES string of the molecule is Cc1nc(C)c(C(C)Nc2ccc(O)cc2C)c(=O)[nH]1. The number of benzene rings is 1. The van der Waals surface area contributed by atoms with E-state index in [9.17, 15) is 9.90 Å². The smallest absolute Gasteiger partial charge is 0.256 e. The molecule has 2 aromatic rings. The lowest BCUT2D eigenvalue weighted by molar-refractivity contribution is 0.475. The number of aromatic amines is 1. The Kier molecular flexibility index (Phi) is 3.79. The van der Waals surface area contributed by atoms with Crippen molar-refractivity contribution in [2.45, 2.75) is 33.7 Å². The molecule has 1 aromatic heterocycles. The van der Waals surface area contributed by atoms with Crippen molar-refractivity contribution in [3.05, 3.63) is 51.2 Å². The van der Waals surface area contributed by atoms with Crippen LogP contribution in [0.3, 0.4) is 0 Å². The Balaban J connectivity index is 2.33. The molecular formula is C15H19N3O2. The van der Waals surface area contributed by atoms with Crippen molar-refractivity contribution in [3.8, 4) is 5.75 Å². The summed E-state index contributed by atoms with van der Waals surface area (Å²) < 4.78 is 0. The second-order valence-corrected chi connectivity index (χ2v) is 5.02. The van der Waals surface area contributed by atoms with Crippen LogP contribution in [0.15, 0.2) is 23.0 Å². The first-order valence-corrected chi connectivity index (χ1v) is 6.52. The molecule has 106 valence electrons. The summed E-state index contributed by atoms with van der Waals surface area (Å²) in [6.45, 7) is 7.42. The molecule has 0 radical (unpaired) electrons. The van der Waals surface area contributed by atoms with E-state index in [0.717, 1.165) is 16.9 Å². The molecule has 1 atom stereocenters. The second-order valence-electron chi connectivity index (χ2n) is 5.02. The summed E-state index contributed by atoms with van der Waals surface area (Å²) >= 11 is 0. The fourth-order valence-electron chi connectivity index (χ4n) is 2.36. The lowest BCUT2D eigenvalue weighted by atomic mass is 10.1. The minimum Gasteiger partial charge on any atom is -0.508 e. The van der Waals surface area contributed by atoms with Crippen molar-refractivity contribution < 1.29 is 5.11 Å². The Bertz CT molecular complexity index is 692. The number of aromatic hydroxyl groups is 1. The van der Waals surface area contributed by atoms with Crippen molar-refractivity contribution in [1.29, 1.82) is 0 Å². The Hall–Kier alpha value is -2.30. The van der Waals surface area contributed by atoms with Crippen molar-refractivity contribution in [1.82, 2.24) is 9.97 Å². The zero-order valence-electron chi connectivity index (χ0n) is 12.1. The van der Waals surface area contributed by atoms with E-state index in [2.05, 4.69) is 15.3 Å². The number of aryl methyl sites for hydroxylation is 3. The third-order valence-corrected chi connectivity index (χ3v) is 3.28. The Morgan fingerprint density at radius 1 is 1.30 bits per heavy atom. The Morgan fingerprint density at radius 2 is 2.00 bits per heavy atom. The molecule has 2 rings (SSSR count). The van der Waals surface area contributed by atoms with Crippen molar-refractivity contribution in [2.24, 2.45) is 0 Å². The minimum atomic E-state index is -0.171. The highest BCUT2D eigenvalue weighted by Crippen LogP contribution is 2.24. The number of rotatable bonds is 3. The van der Waals surface area contributed by atoms with Crippen LogP contribution in [0.5, 0.6) is 5.75 Å². The third-order valence-electron chi connectivity index (χ3n) is 3.28. The first kappa shape index (κ1) is 14.1. The maximum absolute atomic E-state index is 12.1. The molecule has 0 aliphatic heterocycles. The number of phenolic OH excluding ortho intramolecular Hbond substituents is 1. The van der Waals surface area contributed by atoms with Gasteiger partial charge in [-0.3, -0.25) is 4.79 Å². The van der Waals surface area contributed by atoms with Gasteiger partial charge in [0.1, 0.15) is 11.6 Å². The topological polar surface area (TPSA) is 78.0 Å². The largest absolute Gasteiger partial charge is 0.508 e. The Morgan fingerprint density at radius 3 is 2.60 bits per heavy atom. The summed E-state index contributed by atoms with van der Waals surface area (Å²) in [7, 11) is 0. The number of nitrogens with zero attached hydrogens (tertiary/aromatic N) is 1. The molecule has 0 amide bonds. The van der Waals surface area contributed by atoms with Crippen LogP contribution in [-0.2, 0) is 0 Å². The second kappa shape index (κ2) is 5.36. The van der Waals surface area contributed by atoms with E-state index in [1.807, 2.05) is 20.8 Å². The molecule has 0 aliphatic carbocycles. The third kappa shape index (κ3) is 2.82. The van der Waals surface area contributed by atoms with Crippen molar-refractivity contribution in [2.75, 3.05) is 5.32 Å². The van der Waals surface area contributed by atoms with E-state index < -0.39 is 0 Å². The predicted molar refractivity (Wildman–Crippen MR) is 79.2 cm³/mol. The van der Waals surface area contributed by atoms with Crippen LogP contribution >= 0.6 is 0 Å². The first-order chi connectivity index (χ1) is 9.38. The molecule has 0 bridgehead atoms. The van der Waals surface area contributed by atoms with E-state index >= 15 is 0 Å². The molecular weight excluding hydrogens is 254 g/mol. The molecule has 5 nitrogen and oxygen atoms in total. The predicted octanol–water partition coefficient (Wildman–Crippen LogP) is 2.57. The number of hydrogen-bond donors (Lipinski definition) is 3. The highest BCUT2D eigenvalue weighted by molar-refractivity contribution is 5.54. The molecule has 5 heteroatoms. The average molecular weight is 273 g/mol. The van der Waals surface area contributed by atoms with Gasteiger partial charge in [-0.15, -0.1) is 0 Å². The van der Waals surface area contributed by atoms with Crippen LogP contribution in [0.2, 0.25) is 0 Å². The van der Waals surface area contributed by atoms with Crippen LogP contribution in [0, 0.1) is 20.8 Å². The van der Waals surface area contributed by atoms with Crippen molar-refractivity contribution >= 4 is 5.69 Å².